The van der Waals surface area contributed by atoms with Crippen molar-refractivity contribution in [2.45, 2.75) is 0 Å². The number of hydrogen-bond acceptors (Lipinski definition) is 1. The van der Waals surface area contributed by atoms with Crippen molar-refractivity contribution in [3.05, 3.63) is 194 Å². The molecule has 9 rings (SSSR count). The van der Waals surface area contributed by atoms with Crippen LogP contribution in [0, 0.1) is 0 Å². The van der Waals surface area contributed by atoms with Crippen LogP contribution in [-0.2, 0) is 0 Å². The summed E-state index contributed by atoms with van der Waals surface area (Å²) in [5.41, 5.74) is 11.7. The standard InChI is InChI=1S/C46H32N2/c1-3-12-33(13-4-1)35-22-25-38(26-23-35)47(41-18-11-17-37(32-41)34-14-5-2-6-15-34)39-27-29-40(30-28-39)48-45-21-10-9-20-43(45)44-31-24-36-16-7-8-19-42(36)46(44)48/h1-32H. The second-order valence-corrected chi connectivity index (χ2v) is 12.2. The van der Waals surface area contributed by atoms with Crippen LogP contribution in [0.3, 0.4) is 0 Å². The van der Waals surface area contributed by atoms with Gasteiger partial charge in [-0.3, -0.25) is 0 Å². The molecule has 0 radical (unpaired) electrons. The van der Waals surface area contributed by atoms with Gasteiger partial charge in [0.15, 0.2) is 0 Å². The Balaban J connectivity index is 1.19. The molecule has 226 valence electrons. The third kappa shape index (κ3) is 4.83. The van der Waals surface area contributed by atoms with Crippen LogP contribution in [0.15, 0.2) is 194 Å². The Morgan fingerprint density at radius 3 is 1.62 bits per heavy atom. The summed E-state index contributed by atoms with van der Waals surface area (Å²) in [4.78, 5) is 2.35. The number of para-hydroxylation sites is 1. The summed E-state index contributed by atoms with van der Waals surface area (Å²) in [5, 5.41) is 5.04. The van der Waals surface area contributed by atoms with E-state index in [2.05, 4.69) is 204 Å². The molecule has 0 N–H and O–H groups in total. The third-order valence-electron chi connectivity index (χ3n) is 9.37. The molecule has 0 fully saturated rings. The smallest absolute Gasteiger partial charge is 0.0619 e. The lowest BCUT2D eigenvalue weighted by molar-refractivity contribution is 1.18. The van der Waals surface area contributed by atoms with Gasteiger partial charge in [0.25, 0.3) is 0 Å². The molecule has 0 aliphatic rings. The van der Waals surface area contributed by atoms with Crippen LogP contribution in [0.2, 0.25) is 0 Å². The van der Waals surface area contributed by atoms with Gasteiger partial charge >= 0.3 is 0 Å². The summed E-state index contributed by atoms with van der Waals surface area (Å²) in [5.74, 6) is 0. The fourth-order valence-electron chi connectivity index (χ4n) is 7.09. The molecule has 0 unspecified atom stereocenters. The third-order valence-corrected chi connectivity index (χ3v) is 9.37. The first-order valence-corrected chi connectivity index (χ1v) is 16.4. The maximum atomic E-state index is 2.42. The Hall–Kier alpha value is -6.38. The lowest BCUT2D eigenvalue weighted by Gasteiger charge is -2.26. The molecular formula is C46H32N2. The second-order valence-electron chi connectivity index (χ2n) is 12.2. The number of fused-ring (bicyclic) bond motifs is 5. The molecule has 1 heterocycles. The average Bonchev–Trinajstić information content (AvgIpc) is 3.51. The van der Waals surface area contributed by atoms with E-state index in [-0.39, 0.29) is 0 Å². The highest BCUT2D eigenvalue weighted by molar-refractivity contribution is 6.18. The first-order valence-electron chi connectivity index (χ1n) is 16.4. The Labute approximate surface area is 280 Å². The number of rotatable bonds is 6. The highest BCUT2D eigenvalue weighted by atomic mass is 15.1. The molecule has 0 aliphatic heterocycles. The Morgan fingerprint density at radius 1 is 0.333 bits per heavy atom. The predicted octanol–water partition coefficient (Wildman–Crippen LogP) is 12.7. The molecule has 0 amide bonds. The molecule has 0 aliphatic carbocycles. The van der Waals surface area contributed by atoms with Gasteiger partial charge in [0.05, 0.1) is 11.0 Å². The average molecular weight is 613 g/mol. The van der Waals surface area contributed by atoms with E-state index in [1.807, 2.05) is 0 Å². The van der Waals surface area contributed by atoms with Crippen molar-refractivity contribution < 1.29 is 0 Å². The fourth-order valence-corrected chi connectivity index (χ4v) is 7.09. The minimum atomic E-state index is 1.10. The van der Waals surface area contributed by atoms with Crippen LogP contribution in [0.4, 0.5) is 17.1 Å². The van der Waals surface area contributed by atoms with Crippen molar-refractivity contribution >= 4 is 49.6 Å². The van der Waals surface area contributed by atoms with Crippen LogP contribution in [0.1, 0.15) is 0 Å². The highest BCUT2D eigenvalue weighted by Gasteiger charge is 2.17. The largest absolute Gasteiger partial charge is 0.310 e. The molecule has 2 heteroatoms. The van der Waals surface area contributed by atoms with E-state index in [4.69, 9.17) is 0 Å². The lowest BCUT2D eigenvalue weighted by Crippen LogP contribution is -2.10. The van der Waals surface area contributed by atoms with Gasteiger partial charge in [-0.25, -0.2) is 0 Å². The van der Waals surface area contributed by atoms with Gasteiger partial charge in [-0.2, -0.15) is 0 Å². The molecule has 0 saturated carbocycles. The predicted molar refractivity (Wildman–Crippen MR) is 204 cm³/mol. The zero-order valence-electron chi connectivity index (χ0n) is 26.4. The number of anilines is 3. The number of hydrogen-bond donors (Lipinski definition) is 0. The van der Waals surface area contributed by atoms with Gasteiger partial charge in [-0.15, -0.1) is 0 Å². The molecule has 0 spiro atoms. The van der Waals surface area contributed by atoms with E-state index in [0.29, 0.717) is 0 Å². The zero-order chi connectivity index (χ0) is 31.9. The molecule has 9 aromatic rings. The zero-order valence-corrected chi connectivity index (χ0v) is 26.4. The van der Waals surface area contributed by atoms with Crippen LogP contribution in [0.25, 0.3) is 60.5 Å². The number of aromatic nitrogens is 1. The van der Waals surface area contributed by atoms with Crippen molar-refractivity contribution in [3.8, 4) is 27.9 Å². The maximum Gasteiger partial charge on any atom is 0.0619 e. The van der Waals surface area contributed by atoms with Gasteiger partial charge < -0.3 is 9.47 Å². The first-order chi connectivity index (χ1) is 23.8. The fraction of sp³-hybridized carbons (Fsp3) is 0. The Kier molecular flexibility index (Phi) is 6.84. The maximum absolute atomic E-state index is 2.42. The topological polar surface area (TPSA) is 8.17 Å². The normalized spacial score (nSPS) is 11.3. The van der Waals surface area contributed by atoms with Crippen LogP contribution in [-0.4, -0.2) is 4.57 Å². The van der Waals surface area contributed by atoms with Crippen LogP contribution < -0.4 is 4.90 Å². The van der Waals surface area contributed by atoms with E-state index < -0.39 is 0 Å². The molecule has 1 aromatic heterocycles. The molecular weight excluding hydrogens is 581 g/mol. The van der Waals surface area contributed by atoms with E-state index in [9.17, 15) is 0 Å². The minimum Gasteiger partial charge on any atom is -0.310 e. The first kappa shape index (κ1) is 27.9. The van der Waals surface area contributed by atoms with E-state index in [1.165, 1.54) is 54.8 Å². The second kappa shape index (κ2) is 11.8. The van der Waals surface area contributed by atoms with Crippen molar-refractivity contribution in [1.82, 2.24) is 4.57 Å². The Morgan fingerprint density at radius 2 is 0.896 bits per heavy atom. The number of nitrogens with zero attached hydrogens (tertiary/aromatic N) is 2. The summed E-state index contributed by atoms with van der Waals surface area (Å²) >= 11 is 0. The van der Waals surface area contributed by atoms with Gasteiger partial charge in [0, 0.05) is 38.9 Å². The highest BCUT2D eigenvalue weighted by Crippen LogP contribution is 2.40. The lowest BCUT2D eigenvalue weighted by atomic mass is 10.0. The van der Waals surface area contributed by atoms with E-state index in [0.717, 1.165) is 22.7 Å². The molecule has 0 bridgehead atoms. The van der Waals surface area contributed by atoms with Crippen LogP contribution >= 0.6 is 0 Å². The molecule has 0 saturated heterocycles. The molecule has 0 atom stereocenters. The molecule has 2 nitrogen and oxygen atoms in total. The monoisotopic (exact) mass is 612 g/mol. The summed E-state index contributed by atoms with van der Waals surface area (Å²) in [6.45, 7) is 0. The van der Waals surface area contributed by atoms with Crippen molar-refractivity contribution in [3.63, 3.8) is 0 Å². The van der Waals surface area contributed by atoms with Gasteiger partial charge in [0.1, 0.15) is 0 Å². The van der Waals surface area contributed by atoms with E-state index >= 15 is 0 Å². The summed E-state index contributed by atoms with van der Waals surface area (Å²) in [6, 6.07) is 69.8. The van der Waals surface area contributed by atoms with Crippen molar-refractivity contribution in [1.29, 1.82) is 0 Å². The quantitative estimate of drug-likeness (QED) is 0.181. The van der Waals surface area contributed by atoms with Gasteiger partial charge in [-0.05, 0) is 82.2 Å². The summed E-state index contributed by atoms with van der Waals surface area (Å²) < 4.78 is 2.42. The SMILES string of the molecule is c1ccc(-c2ccc(N(c3ccc(-n4c5ccccc5c5ccc6ccccc6c54)cc3)c3cccc(-c4ccccc4)c3)cc2)cc1. The van der Waals surface area contributed by atoms with Crippen molar-refractivity contribution in [2.75, 3.05) is 4.90 Å². The summed E-state index contributed by atoms with van der Waals surface area (Å²) in [7, 11) is 0. The van der Waals surface area contributed by atoms with Crippen LogP contribution in [0.5, 0.6) is 0 Å². The molecule has 48 heavy (non-hydrogen) atoms. The summed E-state index contributed by atoms with van der Waals surface area (Å²) in [6.07, 6.45) is 0. The Bertz CT molecular complexity index is 2530. The van der Waals surface area contributed by atoms with Gasteiger partial charge in [0.2, 0.25) is 0 Å². The van der Waals surface area contributed by atoms with Gasteiger partial charge in [-0.1, -0.05) is 140 Å². The molecule has 8 aromatic carbocycles. The van der Waals surface area contributed by atoms with E-state index in [1.54, 1.807) is 0 Å². The minimum absolute atomic E-state index is 1.10. The number of benzene rings is 8. The van der Waals surface area contributed by atoms with Crippen molar-refractivity contribution in [2.24, 2.45) is 0 Å².